The minimum absolute atomic E-state index is 0.0926. The summed E-state index contributed by atoms with van der Waals surface area (Å²) in [5.41, 5.74) is 0.982. The second kappa shape index (κ2) is 6.18. The van der Waals surface area contributed by atoms with E-state index in [1.165, 1.54) is 0 Å². The predicted octanol–water partition coefficient (Wildman–Crippen LogP) is 0.678. The maximum absolute atomic E-state index is 12.5. The lowest BCUT2D eigenvalue weighted by Crippen LogP contribution is -2.38. The molecule has 114 valence electrons. The van der Waals surface area contributed by atoms with Crippen molar-refractivity contribution in [1.29, 1.82) is 0 Å². The van der Waals surface area contributed by atoms with E-state index in [2.05, 4.69) is 4.84 Å². The lowest BCUT2D eigenvalue weighted by Gasteiger charge is -2.20. The van der Waals surface area contributed by atoms with Gasteiger partial charge >= 0.3 is 0 Å². The Bertz CT molecular complexity index is 501. The zero-order valence-electron chi connectivity index (χ0n) is 11.1. The van der Waals surface area contributed by atoms with Crippen molar-refractivity contribution in [2.45, 2.75) is 29.3 Å². The van der Waals surface area contributed by atoms with Crippen molar-refractivity contribution in [3.8, 4) is 0 Å². The van der Waals surface area contributed by atoms with Gasteiger partial charge in [-0.05, 0) is 11.2 Å². The average Bonchev–Trinajstić information content (AvgIpc) is 3.02. The summed E-state index contributed by atoms with van der Waals surface area (Å²) < 4.78 is 23.5. The van der Waals surface area contributed by atoms with E-state index in [0.29, 0.717) is 5.75 Å². The minimum Gasteiger partial charge on any atom is -0.616 e. The van der Waals surface area contributed by atoms with Crippen LogP contribution in [0.4, 0.5) is 0 Å². The van der Waals surface area contributed by atoms with Crippen LogP contribution >= 0.6 is 0 Å². The average molecular weight is 313 g/mol. The highest BCUT2D eigenvalue weighted by atomic mass is 32.2. The van der Waals surface area contributed by atoms with Crippen molar-refractivity contribution in [2.24, 2.45) is 0 Å². The van der Waals surface area contributed by atoms with Crippen LogP contribution in [0.5, 0.6) is 0 Å². The molecule has 0 spiro atoms. The normalized spacial score (nSPS) is 32.6. The molecule has 21 heavy (non-hydrogen) atoms. The van der Waals surface area contributed by atoms with E-state index in [0.717, 1.165) is 5.56 Å². The monoisotopic (exact) mass is 313 g/mol. The highest BCUT2D eigenvalue weighted by Gasteiger charge is 2.53. The molecule has 1 aromatic carbocycles. The minimum atomic E-state index is -1.16. The van der Waals surface area contributed by atoms with Crippen molar-refractivity contribution < 1.29 is 24.0 Å². The molecule has 0 N–H and O–H groups in total. The second-order valence-corrected chi connectivity index (χ2v) is 6.67. The molecule has 0 aliphatic carbocycles. The molecular weight excluding hydrogens is 298 g/mol. The molecule has 0 amide bonds. The number of benzene rings is 1. The number of hydrogen-bond acceptors (Lipinski definition) is 6. The largest absolute Gasteiger partial charge is 0.616 e. The van der Waals surface area contributed by atoms with Gasteiger partial charge in [-0.1, -0.05) is 30.3 Å². The molecule has 0 saturated carbocycles. The summed E-state index contributed by atoms with van der Waals surface area (Å²) in [6.07, 6.45) is -1.65. The van der Waals surface area contributed by atoms with Crippen LogP contribution in [-0.2, 0) is 31.2 Å². The molecule has 8 heteroatoms. The van der Waals surface area contributed by atoms with E-state index in [-0.39, 0.29) is 18.5 Å². The van der Waals surface area contributed by atoms with Crippen LogP contribution in [-0.4, -0.2) is 46.4 Å². The van der Waals surface area contributed by atoms with Gasteiger partial charge in [-0.2, -0.15) is 0 Å². The van der Waals surface area contributed by atoms with E-state index in [4.69, 9.17) is 9.47 Å². The Morgan fingerprint density at radius 1 is 1.24 bits per heavy atom. The highest BCUT2D eigenvalue weighted by Crippen LogP contribution is 2.33. The Morgan fingerprint density at radius 2 is 1.95 bits per heavy atom. The van der Waals surface area contributed by atoms with Crippen molar-refractivity contribution in [1.82, 2.24) is 0 Å². The van der Waals surface area contributed by atoms with Crippen LogP contribution < -0.4 is 0 Å². The molecule has 0 aromatic heterocycles. The van der Waals surface area contributed by atoms with E-state index in [1.54, 1.807) is 0 Å². The third-order valence-electron chi connectivity index (χ3n) is 3.67. The molecule has 0 radical (unpaired) electrons. The van der Waals surface area contributed by atoms with Gasteiger partial charge in [0.05, 0.1) is 13.2 Å². The first-order valence-electron chi connectivity index (χ1n) is 6.60. The van der Waals surface area contributed by atoms with Gasteiger partial charge in [0, 0.05) is 5.56 Å². The Labute approximate surface area is 124 Å². The van der Waals surface area contributed by atoms with Gasteiger partial charge in [0.1, 0.15) is 18.0 Å². The molecule has 7 nitrogen and oxygen atoms in total. The number of rotatable bonds is 5. The number of hydrogen-bond donors (Lipinski definition) is 0. The maximum atomic E-state index is 12.5. The van der Waals surface area contributed by atoms with Gasteiger partial charge in [0.25, 0.3) is 5.09 Å². The molecule has 3 rings (SSSR count). The van der Waals surface area contributed by atoms with Crippen LogP contribution in [0.15, 0.2) is 30.3 Å². The molecule has 0 bridgehead atoms. The van der Waals surface area contributed by atoms with Crippen LogP contribution in [0.1, 0.15) is 5.56 Å². The van der Waals surface area contributed by atoms with Gasteiger partial charge in [0.2, 0.25) is 0 Å². The number of nitrogens with zero attached hydrogens (tertiary/aromatic N) is 1. The molecule has 2 aliphatic heterocycles. The first-order chi connectivity index (χ1) is 10.1. The van der Waals surface area contributed by atoms with E-state index in [9.17, 15) is 14.7 Å². The standard InChI is InChI=1S/C13H15NO6S/c15-14(16)20-10-6-18-13-11(7-19-12(10)13)21(17)8-9-4-2-1-3-5-9/h1-5,10-13H,6-8H2/t10?,11?,12?,13?,21-/m0/s1. The molecule has 2 fully saturated rings. The van der Waals surface area contributed by atoms with Crippen LogP contribution in [0.2, 0.25) is 0 Å². The lowest BCUT2D eigenvalue weighted by molar-refractivity contribution is -0.769. The topological polar surface area (TPSA) is 93.9 Å². The Kier molecular flexibility index (Phi) is 4.29. The molecular formula is C13H15NO6S. The van der Waals surface area contributed by atoms with Crippen LogP contribution in [0.25, 0.3) is 0 Å². The molecule has 2 aliphatic rings. The summed E-state index contributed by atoms with van der Waals surface area (Å²) in [5, 5.41) is 9.29. The summed E-state index contributed by atoms with van der Waals surface area (Å²) in [5.74, 6) is 0.419. The summed E-state index contributed by atoms with van der Waals surface area (Å²) >= 11 is -1.16. The Balaban J connectivity index is 1.62. The first-order valence-corrected chi connectivity index (χ1v) is 7.99. The Hall–Kier alpha value is -1.35. The number of fused-ring (bicyclic) bond motifs is 1. The summed E-state index contributed by atoms with van der Waals surface area (Å²) in [7, 11) is 0. The van der Waals surface area contributed by atoms with Crippen molar-refractivity contribution in [2.75, 3.05) is 13.2 Å². The zero-order valence-corrected chi connectivity index (χ0v) is 11.9. The van der Waals surface area contributed by atoms with Gasteiger partial charge in [-0.25, -0.2) is 0 Å². The van der Waals surface area contributed by atoms with E-state index in [1.807, 2.05) is 30.3 Å². The van der Waals surface area contributed by atoms with Gasteiger partial charge in [0.15, 0.2) is 11.4 Å². The smallest absolute Gasteiger partial charge is 0.294 e. The highest BCUT2D eigenvalue weighted by molar-refractivity contribution is 7.91. The second-order valence-electron chi connectivity index (χ2n) is 5.01. The molecule has 2 saturated heterocycles. The first kappa shape index (κ1) is 14.6. The van der Waals surface area contributed by atoms with Crippen molar-refractivity contribution in [3.05, 3.63) is 46.0 Å². The fourth-order valence-electron chi connectivity index (χ4n) is 2.70. The van der Waals surface area contributed by atoms with Crippen molar-refractivity contribution >= 4 is 11.2 Å². The van der Waals surface area contributed by atoms with Crippen LogP contribution in [0, 0.1) is 10.1 Å². The number of ether oxygens (including phenoxy) is 2. The zero-order chi connectivity index (χ0) is 14.8. The molecule has 2 heterocycles. The third-order valence-corrected chi connectivity index (χ3v) is 5.37. The summed E-state index contributed by atoms with van der Waals surface area (Å²) in [6.45, 7) is 0.363. The van der Waals surface area contributed by atoms with E-state index >= 15 is 0 Å². The Morgan fingerprint density at radius 3 is 2.67 bits per heavy atom. The van der Waals surface area contributed by atoms with Gasteiger partial charge in [-0.3, -0.25) is 0 Å². The van der Waals surface area contributed by atoms with E-state index < -0.39 is 34.6 Å². The SMILES string of the molecule is O=[N+]([O-])OC1COC2C1OCC2[S@@+]([O-])Cc1ccccc1. The maximum Gasteiger partial charge on any atom is 0.294 e. The fourth-order valence-corrected chi connectivity index (χ4v) is 4.20. The summed E-state index contributed by atoms with van der Waals surface area (Å²) in [4.78, 5) is 15.0. The van der Waals surface area contributed by atoms with Crippen LogP contribution in [0.3, 0.4) is 0 Å². The predicted molar refractivity (Wildman–Crippen MR) is 73.4 cm³/mol. The van der Waals surface area contributed by atoms with Crippen molar-refractivity contribution in [3.63, 3.8) is 0 Å². The molecule has 1 aromatic rings. The van der Waals surface area contributed by atoms with Gasteiger partial charge in [-0.15, -0.1) is 10.1 Å². The fraction of sp³-hybridized carbons (Fsp3) is 0.538. The third kappa shape index (κ3) is 3.13. The lowest BCUT2D eigenvalue weighted by atomic mass is 10.1. The summed E-state index contributed by atoms with van der Waals surface area (Å²) in [6, 6.07) is 9.53. The quantitative estimate of drug-likeness (QED) is 0.451. The molecule has 5 atom stereocenters. The molecule has 4 unspecified atom stereocenters. The van der Waals surface area contributed by atoms with Gasteiger partial charge < -0.3 is 18.9 Å².